The van der Waals surface area contributed by atoms with Crippen LogP contribution in [-0.4, -0.2) is 23.9 Å². The highest BCUT2D eigenvalue weighted by Gasteiger charge is 2.20. The maximum absolute atomic E-state index is 12.7. The Kier molecular flexibility index (Phi) is 7.61. The first-order valence-corrected chi connectivity index (χ1v) is 12.2. The Balaban J connectivity index is 1.26. The number of hydrogen-bond donors (Lipinski definition) is 1. The third-order valence-electron chi connectivity index (χ3n) is 7.08. The van der Waals surface area contributed by atoms with Gasteiger partial charge >= 0.3 is 0 Å². The quantitative estimate of drug-likeness (QED) is 0.471. The molecule has 3 nitrogen and oxygen atoms in total. The molecule has 0 aromatic heterocycles. The van der Waals surface area contributed by atoms with Gasteiger partial charge in [0.25, 0.3) is 5.91 Å². The molecule has 0 saturated carbocycles. The number of carbonyl (C=O) groups is 1. The molecule has 1 aliphatic heterocycles. The molecule has 4 rings (SSSR count). The molecule has 0 spiro atoms. The van der Waals surface area contributed by atoms with Gasteiger partial charge in [-0.05, 0) is 99.0 Å². The Labute approximate surface area is 198 Å². The van der Waals surface area contributed by atoms with E-state index >= 15 is 0 Å². The normalized spacial score (nSPS) is 15.8. The minimum atomic E-state index is -0.0198. The zero-order valence-electron chi connectivity index (χ0n) is 20.2. The van der Waals surface area contributed by atoms with Crippen molar-refractivity contribution in [3.05, 3.63) is 106 Å². The second-order valence-electron chi connectivity index (χ2n) is 9.65. The average Bonchev–Trinajstić information content (AvgIpc) is 2.83. The van der Waals surface area contributed by atoms with Crippen molar-refractivity contribution in [2.45, 2.75) is 52.6 Å². The Morgan fingerprint density at radius 2 is 1.61 bits per heavy atom. The van der Waals surface area contributed by atoms with Crippen LogP contribution in [0.25, 0.3) is 0 Å². The lowest BCUT2D eigenvalue weighted by molar-refractivity contribution is 0.0940. The summed E-state index contributed by atoms with van der Waals surface area (Å²) in [6.45, 7) is 9.51. The largest absolute Gasteiger partial charge is 0.346 e. The highest BCUT2D eigenvalue weighted by Crippen LogP contribution is 2.23. The number of nitrogens with one attached hydrogen (secondary N) is 1. The lowest BCUT2D eigenvalue weighted by Gasteiger charge is -2.32. The number of rotatable bonds is 7. The van der Waals surface area contributed by atoms with Crippen LogP contribution in [0.5, 0.6) is 0 Å². The van der Waals surface area contributed by atoms with Gasteiger partial charge in [-0.1, -0.05) is 60.7 Å². The molecule has 1 fully saturated rings. The number of nitrogens with zero attached hydrogens (tertiary/aromatic N) is 1. The Hall–Kier alpha value is -2.91. The molecule has 3 heteroatoms. The van der Waals surface area contributed by atoms with Crippen LogP contribution in [0.3, 0.4) is 0 Å². The number of benzene rings is 3. The van der Waals surface area contributed by atoms with Crippen molar-refractivity contribution in [3.63, 3.8) is 0 Å². The lowest BCUT2D eigenvalue weighted by atomic mass is 9.90. The summed E-state index contributed by atoms with van der Waals surface area (Å²) < 4.78 is 0. The van der Waals surface area contributed by atoms with E-state index in [4.69, 9.17) is 0 Å². The molecule has 0 radical (unpaired) electrons. The Morgan fingerprint density at radius 1 is 0.909 bits per heavy atom. The minimum Gasteiger partial charge on any atom is -0.346 e. The van der Waals surface area contributed by atoms with Crippen molar-refractivity contribution in [3.8, 4) is 0 Å². The first kappa shape index (κ1) is 23.3. The molecule has 0 bridgehead atoms. The van der Waals surface area contributed by atoms with Gasteiger partial charge in [-0.15, -0.1) is 0 Å². The molecule has 3 aromatic rings. The van der Waals surface area contributed by atoms with Crippen LogP contribution in [0.2, 0.25) is 0 Å². The predicted octanol–water partition coefficient (Wildman–Crippen LogP) is 6.25. The van der Waals surface area contributed by atoms with Gasteiger partial charge in [-0.3, -0.25) is 9.69 Å². The fourth-order valence-electron chi connectivity index (χ4n) is 4.71. The van der Waals surface area contributed by atoms with E-state index in [0.29, 0.717) is 0 Å². The molecule has 172 valence electrons. The van der Waals surface area contributed by atoms with Crippen LogP contribution in [0.4, 0.5) is 0 Å². The summed E-state index contributed by atoms with van der Waals surface area (Å²) in [7, 11) is 0. The fraction of sp³-hybridized carbons (Fsp3) is 0.367. The third-order valence-corrected chi connectivity index (χ3v) is 7.08. The molecule has 1 heterocycles. The maximum Gasteiger partial charge on any atom is 0.251 e. The summed E-state index contributed by atoms with van der Waals surface area (Å²) >= 11 is 0. The number of carbonyl (C=O) groups excluding carboxylic acids is 1. The second kappa shape index (κ2) is 10.8. The van der Waals surface area contributed by atoms with Gasteiger partial charge in [0, 0.05) is 12.1 Å². The van der Waals surface area contributed by atoms with E-state index in [9.17, 15) is 4.79 Å². The van der Waals surface area contributed by atoms with Gasteiger partial charge in [0.05, 0.1) is 6.04 Å². The smallest absolute Gasteiger partial charge is 0.251 e. The molecule has 1 aliphatic rings. The van der Waals surface area contributed by atoms with Crippen molar-refractivity contribution in [2.24, 2.45) is 5.92 Å². The van der Waals surface area contributed by atoms with Crippen LogP contribution in [0, 0.1) is 19.8 Å². The molecule has 0 aliphatic carbocycles. The van der Waals surface area contributed by atoms with E-state index in [1.165, 1.54) is 41.5 Å². The van der Waals surface area contributed by atoms with Crippen molar-refractivity contribution in [2.75, 3.05) is 13.1 Å². The maximum atomic E-state index is 12.7. The van der Waals surface area contributed by atoms with Gasteiger partial charge in [0.1, 0.15) is 0 Å². The highest BCUT2D eigenvalue weighted by atomic mass is 16.1. The molecule has 3 aromatic carbocycles. The van der Waals surface area contributed by atoms with Gasteiger partial charge < -0.3 is 5.32 Å². The Bertz CT molecular complexity index is 1050. The summed E-state index contributed by atoms with van der Waals surface area (Å²) in [6.07, 6.45) is 3.70. The molecular formula is C30H36N2O. The van der Waals surface area contributed by atoms with E-state index in [1.807, 2.05) is 19.1 Å². The van der Waals surface area contributed by atoms with Crippen LogP contribution < -0.4 is 5.32 Å². The Morgan fingerprint density at radius 3 is 2.27 bits per heavy atom. The molecule has 33 heavy (non-hydrogen) atoms. The molecule has 1 amide bonds. The van der Waals surface area contributed by atoms with Crippen molar-refractivity contribution in [1.82, 2.24) is 10.2 Å². The summed E-state index contributed by atoms with van der Waals surface area (Å²) in [5, 5.41) is 3.14. The van der Waals surface area contributed by atoms with E-state index < -0.39 is 0 Å². The first-order chi connectivity index (χ1) is 16.0. The van der Waals surface area contributed by atoms with Crippen molar-refractivity contribution >= 4 is 5.91 Å². The molecule has 0 unspecified atom stereocenters. The number of piperidine rings is 1. The zero-order valence-corrected chi connectivity index (χ0v) is 20.2. The topological polar surface area (TPSA) is 32.3 Å². The lowest BCUT2D eigenvalue weighted by Crippen LogP contribution is -2.33. The van der Waals surface area contributed by atoms with E-state index in [1.54, 1.807) is 0 Å². The van der Waals surface area contributed by atoms with Crippen LogP contribution in [-0.2, 0) is 13.0 Å². The van der Waals surface area contributed by atoms with Gasteiger partial charge in [-0.2, -0.15) is 0 Å². The van der Waals surface area contributed by atoms with Crippen LogP contribution in [0.1, 0.15) is 64.0 Å². The molecule has 1 N–H and O–H groups in total. The molecule has 1 atom stereocenters. The monoisotopic (exact) mass is 440 g/mol. The highest BCUT2D eigenvalue weighted by molar-refractivity contribution is 5.94. The number of hydrogen-bond acceptors (Lipinski definition) is 2. The summed E-state index contributed by atoms with van der Waals surface area (Å²) in [4.78, 5) is 15.3. The first-order valence-electron chi connectivity index (χ1n) is 12.2. The number of aryl methyl sites for hydroxylation is 2. The average molecular weight is 441 g/mol. The van der Waals surface area contributed by atoms with Crippen molar-refractivity contribution < 1.29 is 4.79 Å². The summed E-state index contributed by atoms with van der Waals surface area (Å²) in [5.74, 6) is 0.767. The standard InChI is InChI=1S/C30H36N2O/c1-22-9-12-29(19-23(22)2)24(3)31-30(33)28-13-10-27(11-14-28)21-32-17-15-26(16-18-32)20-25-7-5-4-6-8-25/h4-14,19,24,26H,15-18,20-21H2,1-3H3,(H,31,33)/t24-/m1/s1. The van der Waals surface area contributed by atoms with E-state index in [-0.39, 0.29) is 11.9 Å². The fourth-order valence-corrected chi connectivity index (χ4v) is 4.71. The van der Waals surface area contributed by atoms with Crippen LogP contribution in [0.15, 0.2) is 72.8 Å². The number of amides is 1. The predicted molar refractivity (Wildman–Crippen MR) is 136 cm³/mol. The second-order valence-corrected chi connectivity index (χ2v) is 9.65. The van der Waals surface area contributed by atoms with Gasteiger partial charge in [0.2, 0.25) is 0 Å². The molecule has 1 saturated heterocycles. The molecular weight excluding hydrogens is 404 g/mol. The van der Waals surface area contributed by atoms with Crippen molar-refractivity contribution in [1.29, 1.82) is 0 Å². The minimum absolute atomic E-state index is 0.0194. The van der Waals surface area contributed by atoms with Crippen LogP contribution >= 0.6 is 0 Å². The summed E-state index contributed by atoms with van der Waals surface area (Å²) in [6, 6.07) is 25.3. The zero-order chi connectivity index (χ0) is 23.2. The SMILES string of the molecule is Cc1ccc([C@@H](C)NC(=O)c2ccc(CN3CCC(Cc4ccccc4)CC3)cc2)cc1C. The number of likely N-dealkylation sites (tertiary alicyclic amines) is 1. The third kappa shape index (κ3) is 6.33. The van der Waals surface area contributed by atoms with E-state index in [0.717, 1.165) is 36.7 Å². The summed E-state index contributed by atoms with van der Waals surface area (Å²) in [5.41, 5.74) is 7.11. The van der Waals surface area contributed by atoms with Gasteiger partial charge in [-0.25, -0.2) is 0 Å². The van der Waals surface area contributed by atoms with Gasteiger partial charge in [0.15, 0.2) is 0 Å². The van der Waals surface area contributed by atoms with E-state index in [2.05, 4.69) is 84.7 Å².